The standard InChI is InChI=1S/C27H35ClN4O3/c1-17(2)22-8-7-9-23(18(3)4)26(22)29-27(35)31(19(5)6)15-24(33)30-14-25(34)32(16-30)21-12-10-20(28)11-13-21/h7-13,17-19H,14-16H2,1-6H3,(H,29,35). The normalized spacial score (nSPS) is 13.8. The maximum Gasteiger partial charge on any atom is 0.322 e. The number of amides is 4. The molecule has 1 N–H and O–H groups in total. The molecule has 2 aromatic carbocycles. The first-order valence-corrected chi connectivity index (χ1v) is 12.4. The number of halogens is 1. The van der Waals surface area contributed by atoms with Gasteiger partial charge in [0.25, 0.3) is 0 Å². The molecule has 0 aromatic heterocycles. The summed E-state index contributed by atoms with van der Waals surface area (Å²) in [5.41, 5.74) is 3.61. The van der Waals surface area contributed by atoms with Crippen molar-refractivity contribution in [2.24, 2.45) is 0 Å². The Morgan fingerprint density at radius 3 is 2.06 bits per heavy atom. The number of carbonyl (C=O) groups is 3. The molecule has 0 saturated carbocycles. The van der Waals surface area contributed by atoms with Crippen LogP contribution in [0.3, 0.4) is 0 Å². The fourth-order valence-corrected chi connectivity index (χ4v) is 4.30. The van der Waals surface area contributed by atoms with E-state index in [0.717, 1.165) is 16.8 Å². The maximum absolute atomic E-state index is 13.4. The molecule has 7 nitrogen and oxygen atoms in total. The quantitative estimate of drug-likeness (QED) is 0.535. The van der Waals surface area contributed by atoms with Gasteiger partial charge in [-0.3, -0.25) is 14.5 Å². The zero-order chi connectivity index (χ0) is 25.9. The fraction of sp³-hybridized carbons (Fsp3) is 0.444. The van der Waals surface area contributed by atoms with Gasteiger partial charge in [0.1, 0.15) is 19.8 Å². The lowest BCUT2D eigenvalue weighted by Gasteiger charge is -2.30. The molecule has 0 atom stereocenters. The monoisotopic (exact) mass is 498 g/mol. The van der Waals surface area contributed by atoms with E-state index in [0.29, 0.717) is 10.7 Å². The minimum absolute atomic E-state index is 0.0251. The molecule has 0 radical (unpaired) electrons. The van der Waals surface area contributed by atoms with Crippen molar-refractivity contribution >= 4 is 40.8 Å². The molecule has 1 fully saturated rings. The van der Waals surface area contributed by atoms with Crippen LogP contribution < -0.4 is 10.2 Å². The first-order valence-electron chi connectivity index (χ1n) is 12.0. The predicted octanol–water partition coefficient (Wildman–Crippen LogP) is 5.66. The molecule has 35 heavy (non-hydrogen) atoms. The summed E-state index contributed by atoms with van der Waals surface area (Å²) in [6.45, 7) is 12.1. The smallest absolute Gasteiger partial charge is 0.314 e. The molecule has 8 heteroatoms. The van der Waals surface area contributed by atoms with Gasteiger partial charge in [0, 0.05) is 22.4 Å². The fourth-order valence-electron chi connectivity index (χ4n) is 4.17. The van der Waals surface area contributed by atoms with Crippen LogP contribution in [0.2, 0.25) is 5.02 Å². The molecule has 3 rings (SSSR count). The second-order valence-corrected chi connectivity index (χ2v) is 10.2. The number of anilines is 2. The zero-order valence-electron chi connectivity index (χ0n) is 21.3. The van der Waals surface area contributed by atoms with E-state index < -0.39 is 0 Å². The molecule has 1 heterocycles. The van der Waals surface area contributed by atoms with Crippen LogP contribution in [0.15, 0.2) is 42.5 Å². The van der Waals surface area contributed by atoms with Gasteiger partial charge < -0.3 is 15.1 Å². The second kappa shape index (κ2) is 11.1. The third kappa shape index (κ3) is 6.14. The van der Waals surface area contributed by atoms with Crippen molar-refractivity contribution in [3.63, 3.8) is 0 Å². The van der Waals surface area contributed by atoms with Crippen molar-refractivity contribution in [3.05, 3.63) is 58.6 Å². The summed E-state index contributed by atoms with van der Waals surface area (Å²) in [5.74, 6) is 0.00809. The van der Waals surface area contributed by atoms with Gasteiger partial charge in [0.15, 0.2) is 0 Å². The largest absolute Gasteiger partial charge is 0.322 e. The SMILES string of the molecule is CC(C)c1cccc(C(C)C)c1NC(=O)N(CC(=O)N1CC(=O)N(c2ccc(Cl)cc2)C1)C(C)C. The highest BCUT2D eigenvalue weighted by molar-refractivity contribution is 6.30. The molecule has 4 amide bonds. The topological polar surface area (TPSA) is 73.0 Å². The Kier molecular flexibility index (Phi) is 8.43. The van der Waals surface area contributed by atoms with Gasteiger partial charge in [-0.2, -0.15) is 0 Å². The van der Waals surface area contributed by atoms with E-state index in [4.69, 9.17) is 11.6 Å². The number of hydrogen-bond acceptors (Lipinski definition) is 3. The van der Waals surface area contributed by atoms with Crippen LogP contribution in [-0.4, -0.2) is 53.4 Å². The Morgan fingerprint density at radius 1 is 0.971 bits per heavy atom. The highest BCUT2D eigenvalue weighted by atomic mass is 35.5. The molecule has 0 unspecified atom stereocenters. The summed E-state index contributed by atoms with van der Waals surface area (Å²) in [6.07, 6.45) is 0. The van der Waals surface area contributed by atoms with Gasteiger partial charge in [-0.15, -0.1) is 0 Å². The number of carbonyl (C=O) groups excluding carboxylic acids is 3. The number of hydrogen-bond donors (Lipinski definition) is 1. The summed E-state index contributed by atoms with van der Waals surface area (Å²) < 4.78 is 0. The molecule has 1 aliphatic rings. The van der Waals surface area contributed by atoms with E-state index in [2.05, 4.69) is 33.0 Å². The van der Waals surface area contributed by atoms with Crippen LogP contribution in [0.4, 0.5) is 16.2 Å². The van der Waals surface area contributed by atoms with E-state index in [9.17, 15) is 14.4 Å². The highest BCUT2D eigenvalue weighted by Gasteiger charge is 2.33. The van der Waals surface area contributed by atoms with Gasteiger partial charge in [0.2, 0.25) is 11.8 Å². The molecule has 1 saturated heterocycles. The van der Waals surface area contributed by atoms with E-state index in [-0.39, 0.29) is 55.5 Å². The molecule has 0 spiro atoms. The van der Waals surface area contributed by atoms with Crippen molar-refractivity contribution in [2.75, 3.05) is 30.0 Å². The van der Waals surface area contributed by atoms with Crippen molar-refractivity contribution in [1.29, 1.82) is 0 Å². The number of nitrogens with zero attached hydrogens (tertiary/aromatic N) is 3. The van der Waals surface area contributed by atoms with Gasteiger partial charge in [0.05, 0.1) is 0 Å². The summed E-state index contributed by atoms with van der Waals surface area (Å²) in [5, 5.41) is 3.67. The first kappa shape index (κ1) is 26.5. The molecular formula is C27H35ClN4O3. The third-order valence-corrected chi connectivity index (χ3v) is 6.48. The molecule has 1 aliphatic heterocycles. The minimum atomic E-state index is -0.330. The van der Waals surface area contributed by atoms with Crippen LogP contribution in [0.1, 0.15) is 64.5 Å². The lowest BCUT2D eigenvalue weighted by molar-refractivity contribution is -0.132. The Labute approximate surface area is 213 Å². The Bertz CT molecular complexity index is 1060. The van der Waals surface area contributed by atoms with E-state index in [1.165, 1.54) is 9.80 Å². The number of nitrogens with one attached hydrogen (secondary N) is 1. The predicted molar refractivity (Wildman–Crippen MR) is 141 cm³/mol. The number of para-hydroxylation sites is 1. The Morgan fingerprint density at radius 2 is 1.54 bits per heavy atom. The average Bonchev–Trinajstić information content (AvgIpc) is 3.19. The lowest BCUT2D eigenvalue weighted by Crippen LogP contribution is -2.47. The van der Waals surface area contributed by atoms with Crippen molar-refractivity contribution < 1.29 is 14.4 Å². The minimum Gasteiger partial charge on any atom is -0.314 e. The Balaban J connectivity index is 1.75. The van der Waals surface area contributed by atoms with Gasteiger partial charge in [-0.1, -0.05) is 57.5 Å². The van der Waals surface area contributed by atoms with Crippen LogP contribution in [0.25, 0.3) is 0 Å². The Hall–Kier alpha value is -3.06. The average molecular weight is 499 g/mol. The lowest BCUT2D eigenvalue weighted by atomic mass is 9.93. The first-order chi connectivity index (χ1) is 16.5. The second-order valence-electron chi connectivity index (χ2n) is 9.80. The van der Waals surface area contributed by atoms with E-state index in [1.807, 2.05) is 32.0 Å². The van der Waals surface area contributed by atoms with Gasteiger partial charge >= 0.3 is 6.03 Å². The summed E-state index contributed by atoms with van der Waals surface area (Å²) in [4.78, 5) is 43.6. The molecular weight excluding hydrogens is 464 g/mol. The molecule has 0 bridgehead atoms. The number of benzene rings is 2. The maximum atomic E-state index is 13.4. The van der Waals surface area contributed by atoms with Gasteiger partial charge in [-0.05, 0) is 61.1 Å². The van der Waals surface area contributed by atoms with Crippen LogP contribution >= 0.6 is 11.6 Å². The highest BCUT2D eigenvalue weighted by Crippen LogP contribution is 2.32. The van der Waals surface area contributed by atoms with E-state index >= 15 is 0 Å². The third-order valence-electron chi connectivity index (χ3n) is 6.22. The van der Waals surface area contributed by atoms with Gasteiger partial charge in [-0.25, -0.2) is 4.79 Å². The van der Waals surface area contributed by atoms with Crippen LogP contribution in [0.5, 0.6) is 0 Å². The van der Waals surface area contributed by atoms with Crippen molar-refractivity contribution in [3.8, 4) is 0 Å². The van der Waals surface area contributed by atoms with Crippen LogP contribution in [-0.2, 0) is 9.59 Å². The number of urea groups is 1. The van der Waals surface area contributed by atoms with Crippen molar-refractivity contribution in [2.45, 2.75) is 59.4 Å². The van der Waals surface area contributed by atoms with E-state index in [1.54, 1.807) is 29.2 Å². The number of rotatable bonds is 7. The zero-order valence-corrected chi connectivity index (χ0v) is 22.1. The molecule has 2 aromatic rings. The molecule has 0 aliphatic carbocycles. The summed E-state index contributed by atoms with van der Waals surface area (Å²) in [7, 11) is 0. The molecule has 188 valence electrons. The summed E-state index contributed by atoms with van der Waals surface area (Å²) in [6, 6.07) is 12.4. The summed E-state index contributed by atoms with van der Waals surface area (Å²) >= 11 is 5.95. The van der Waals surface area contributed by atoms with Crippen LogP contribution in [0, 0.1) is 0 Å². The van der Waals surface area contributed by atoms with Crippen molar-refractivity contribution in [1.82, 2.24) is 9.80 Å².